The number of hydrogen-bond acceptors (Lipinski definition) is 4. The maximum absolute atomic E-state index is 14.0. The third-order valence-corrected chi connectivity index (χ3v) is 9.18. The number of rotatable bonds is 10. The lowest BCUT2D eigenvalue weighted by atomic mass is 9.90. The number of nitrogens with zero attached hydrogens (tertiary/aromatic N) is 2. The van der Waals surface area contributed by atoms with Gasteiger partial charge >= 0.3 is 0 Å². The number of carbonyl (C=O) groups excluding carboxylic acids is 3. The summed E-state index contributed by atoms with van der Waals surface area (Å²) in [6.45, 7) is 17.2. The summed E-state index contributed by atoms with van der Waals surface area (Å²) in [6, 6.07) is 7.21. The Hall–Kier alpha value is -3.19. The fraction of sp³-hybridized carbons (Fsp3) is 0.595. The first-order valence-corrected chi connectivity index (χ1v) is 16.6. The van der Waals surface area contributed by atoms with Gasteiger partial charge in [0.15, 0.2) is 0 Å². The van der Waals surface area contributed by atoms with Crippen molar-refractivity contribution in [3.8, 4) is 0 Å². The molecule has 5 unspecified atom stereocenters. The lowest BCUT2D eigenvalue weighted by Crippen LogP contribution is -2.58. The molecule has 0 bridgehead atoms. The highest BCUT2D eigenvalue weighted by atomic mass is 16.2. The molecular weight excluding hydrogens is 548 g/mol. The van der Waals surface area contributed by atoms with Gasteiger partial charge in [-0.1, -0.05) is 95.7 Å². The van der Waals surface area contributed by atoms with Crippen molar-refractivity contribution in [3.63, 3.8) is 0 Å². The monoisotopic (exact) mass is 604 g/mol. The Bertz CT molecular complexity index is 1230. The molecule has 1 saturated heterocycles. The van der Waals surface area contributed by atoms with Crippen LogP contribution in [0.3, 0.4) is 0 Å². The number of hydrogen-bond donors (Lipinski definition) is 2. The molecule has 7 nitrogen and oxygen atoms in total. The van der Waals surface area contributed by atoms with Crippen molar-refractivity contribution in [3.05, 3.63) is 71.3 Å². The van der Waals surface area contributed by atoms with E-state index in [-0.39, 0.29) is 59.6 Å². The van der Waals surface area contributed by atoms with Crippen LogP contribution in [-0.4, -0.2) is 65.3 Å². The van der Waals surface area contributed by atoms with Gasteiger partial charge in [0.25, 0.3) is 0 Å². The smallest absolute Gasteiger partial charge is 0.247 e. The van der Waals surface area contributed by atoms with Crippen LogP contribution >= 0.6 is 0 Å². The Morgan fingerprint density at radius 3 is 2.30 bits per heavy atom. The Kier molecular flexibility index (Phi) is 13.0. The van der Waals surface area contributed by atoms with Gasteiger partial charge in [0, 0.05) is 18.7 Å². The normalized spacial score (nSPS) is 24.0. The number of likely N-dealkylation sites (N-methyl/N-ethyl adjacent to an activating group) is 1. The first-order chi connectivity index (χ1) is 20.8. The minimum atomic E-state index is -0.648. The number of allylic oxidation sites excluding steroid dienone is 3. The molecule has 7 heteroatoms. The molecule has 0 saturated carbocycles. The molecule has 1 aliphatic heterocycles. The molecule has 2 N–H and O–H groups in total. The van der Waals surface area contributed by atoms with Crippen LogP contribution in [0.15, 0.2) is 60.2 Å². The standard InChI is InChI=1S/C37H56N4O3/c1-24(2)33(40(9)37(44)34(25(3)4)39-36(43)32-21-15-16-22-41(32)26(5)6)23-28(8)35(42)38-31-20-12-10-11-17-27(7)29-18-13-14-19-30(29)31/h10-14,17-19,23-27,31-34H,15-16,20-22H2,1-9H3,(H,38,42)(H,39,43)/b12-10-,17-11-,28-23+. The summed E-state index contributed by atoms with van der Waals surface area (Å²) in [5, 5.41) is 6.39. The van der Waals surface area contributed by atoms with Crippen LogP contribution in [0.1, 0.15) is 104 Å². The molecule has 1 heterocycles. The minimum absolute atomic E-state index is 0.0606. The molecule has 0 spiro atoms. The number of piperidine rings is 1. The predicted molar refractivity (Wildman–Crippen MR) is 180 cm³/mol. The van der Waals surface area contributed by atoms with Crippen LogP contribution in [0.25, 0.3) is 0 Å². The zero-order valence-corrected chi connectivity index (χ0v) is 28.5. The Morgan fingerprint density at radius 1 is 0.977 bits per heavy atom. The third-order valence-electron chi connectivity index (χ3n) is 9.18. The van der Waals surface area contributed by atoms with Crippen LogP contribution in [0, 0.1) is 11.8 Å². The highest BCUT2D eigenvalue weighted by Crippen LogP contribution is 2.30. The maximum atomic E-state index is 14.0. The van der Waals surface area contributed by atoms with Gasteiger partial charge in [-0.25, -0.2) is 0 Å². The van der Waals surface area contributed by atoms with E-state index < -0.39 is 6.04 Å². The molecule has 1 fully saturated rings. The van der Waals surface area contributed by atoms with Gasteiger partial charge in [0.05, 0.1) is 18.1 Å². The SMILES string of the molecule is C/C(=C\C(C(C)C)N(C)C(=O)C(NC(=O)C1CCCCN1C(C)C)C(C)C)C(=O)NC1C/C=C\C=C/C(C)c2ccccc21. The second-order valence-corrected chi connectivity index (χ2v) is 13.6. The van der Waals surface area contributed by atoms with Crippen molar-refractivity contribution in [2.24, 2.45) is 11.8 Å². The second-order valence-electron chi connectivity index (χ2n) is 13.6. The molecule has 0 radical (unpaired) electrons. The zero-order valence-electron chi connectivity index (χ0n) is 28.5. The summed E-state index contributed by atoms with van der Waals surface area (Å²) >= 11 is 0. The lowest BCUT2D eigenvalue weighted by Gasteiger charge is -2.39. The van der Waals surface area contributed by atoms with Gasteiger partial charge in [-0.05, 0) is 75.5 Å². The highest BCUT2D eigenvalue weighted by molar-refractivity contribution is 5.94. The fourth-order valence-electron chi connectivity index (χ4n) is 6.47. The van der Waals surface area contributed by atoms with Gasteiger partial charge in [0.2, 0.25) is 17.7 Å². The Labute approximate surface area is 266 Å². The number of benzene rings is 1. The molecule has 0 aromatic heterocycles. The van der Waals surface area contributed by atoms with E-state index in [0.29, 0.717) is 12.0 Å². The van der Waals surface area contributed by atoms with Gasteiger partial charge in [-0.15, -0.1) is 0 Å². The van der Waals surface area contributed by atoms with E-state index in [1.165, 1.54) is 5.56 Å². The first-order valence-electron chi connectivity index (χ1n) is 16.6. The fourth-order valence-corrected chi connectivity index (χ4v) is 6.47. The number of nitrogens with one attached hydrogen (secondary N) is 2. The number of amides is 3. The van der Waals surface area contributed by atoms with Crippen molar-refractivity contribution < 1.29 is 14.4 Å². The molecule has 5 atom stereocenters. The zero-order chi connectivity index (χ0) is 32.6. The summed E-state index contributed by atoms with van der Waals surface area (Å²) in [4.78, 5) is 45.0. The molecule has 1 aliphatic carbocycles. The van der Waals surface area contributed by atoms with E-state index >= 15 is 0 Å². The molecule has 3 rings (SSSR count). The predicted octanol–water partition coefficient (Wildman–Crippen LogP) is 6.30. The molecule has 44 heavy (non-hydrogen) atoms. The molecule has 242 valence electrons. The molecule has 3 amide bonds. The first kappa shape index (κ1) is 35.3. The highest BCUT2D eigenvalue weighted by Gasteiger charge is 2.36. The van der Waals surface area contributed by atoms with Gasteiger partial charge in [-0.2, -0.15) is 0 Å². The lowest BCUT2D eigenvalue weighted by molar-refractivity contribution is -0.140. The average molecular weight is 605 g/mol. The number of carbonyl (C=O) groups is 3. The van der Waals surface area contributed by atoms with Crippen molar-refractivity contribution in [1.82, 2.24) is 20.4 Å². The van der Waals surface area contributed by atoms with Crippen LogP contribution in [0.2, 0.25) is 0 Å². The maximum Gasteiger partial charge on any atom is 0.247 e. The average Bonchev–Trinajstić information content (AvgIpc) is 3.06. The van der Waals surface area contributed by atoms with Gasteiger partial charge in [-0.3, -0.25) is 19.3 Å². The molecule has 1 aromatic carbocycles. The Balaban J connectivity index is 1.78. The topological polar surface area (TPSA) is 81.8 Å². The van der Waals surface area contributed by atoms with E-state index in [1.54, 1.807) is 11.9 Å². The summed E-state index contributed by atoms with van der Waals surface area (Å²) < 4.78 is 0. The van der Waals surface area contributed by atoms with Gasteiger partial charge < -0.3 is 15.5 Å². The summed E-state index contributed by atoms with van der Waals surface area (Å²) in [5.41, 5.74) is 2.89. The van der Waals surface area contributed by atoms with Crippen LogP contribution in [0.5, 0.6) is 0 Å². The third kappa shape index (κ3) is 8.93. The van der Waals surface area contributed by atoms with Crippen molar-refractivity contribution in [2.45, 2.75) is 117 Å². The molecule has 1 aromatic rings. The quantitative estimate of drug-likeness (QED) is 0.307. The second kappa shape index (κ2) is 16.2. The number of likely N-dealkylation sites (tertiary alicyclic amines) is 1. The summed E-state index contributed by atoms with van der Waals surface area (Å²) in [6.07, 6.45) is 13.9. The van der Waals surface area contributed by atoms with Crippen molar-refractivity contribution in [1.29, 1.82) is 0 Å². The van der Waals surface area contributed by atoms with Crippen LogP contribution in [0.4, 0.5) is 0 Å². The van der Waals surface area contributed by atoms with E-state index in [0.717, 1.165) is 31.4 Å². The minimum Gasteiger partial charge on any atom is -0.345 e. The largest absolute Gasteiger partial charge is 0.345 e. The Morgan fingerprint density at radius 2 is 1.66 bits per heavy atom. The van der Waals surface area contributed by atoms with Crippen LogP contribution < -0.4 is 10.6 Å². The van der Waals surface area contributed by atoms with Crippen molar-refractivity contribution in [2.75, 3.05) is 13.6 Å². The van der Waals surface area contributed by atoms with Crippen molar-refractivity contribution >= 4 is 17.7 Å². The van der Waals surface area contributed by atoms with E-state index in [2.05, 4.69) is 80.5 Å². The van der Waals surface area contributed by atoms with E-state index in [9.17, 15) is 14.4 Å². The van der Waals surface area contributed by atoms with Gasteiger partial charge in [0.1, 0.15) is 6.04 Å². The van der Waals surface area contributed by atoms with E-state index in [1.807, 2.05) is 45.1 Å². The van der Waals surface area contributed by atoms with E-state index in [4.69, 9.17) is 0 Å². The summed E-state index contributed by atoms with van der Waals surface area (Å²) in [5.74, 6) is -0.148. The molecule has 2 aliphatic rings. The number of fused-ring (bicyclic) bond motifs is 1. The molecular formula is C37H56N4O3. The van der Waals surface area contributed by atoms with Crippen LogP contribution in [-0.2, 0) is 14.4 Å². The summed E-state index contributed by atoms with van der Waals surface area (Å²) in [7, 11) is 1.78.